The lowest BCUT2D eigenvalue weighted by atomic mass is 9.93. The zero-order valence-corrected chi connectivity index (χ0v) is 18.2. The summed E-state index contributed by atoms with van der Waals surface area (Å²) >= 11 is 0. The predicted molar refractivity (Wildman–Crippen MR) is 114 cm³/mol. The fraction of sp³-hybridized carbons (Fsp3) is 0.632. The summed E-state index contributed by atoms with van der Waals surface area (Å²) in [6.45, 7) is 8.83. The van der Waals surface area contributed by atoms with Gasteiger partial charge in [-0.05, 0) is 65.6 Å². The summed E-state index contributed by atoms with van der Waals surface area (Å²) in [4.78, 5) is 19.6. The van der Waals surface area contributed by atoms with Gasteiger partial charge in [-0.1, -0.05) is 0 Å². The number of carbonyl (C=O) groups excluding carboxylic acids is 1. The Hall–Kier alpha value is -1.37. The summed E-state index contributed by atoms with van der Waals surface area (Å²) in [5, 5.41) is 8.56. The highest BCUT2D eigenvalue weighted by molar-refractivity contribution is 5.98. The van der Waals surface area contributed by atoms with Crippen LogP contribution in [0.5, 0.6) is 0 Å². The molecule has 1 aliphatic heterocycles. The number of aryl methyl sites for hydroxylation is 1. The Balaban J connectivity index is 0.00000182. The molecule has 0 bridgehead atoms. The lowest BCUT2D eigenvalue weighted by Gasteiger charge is -2.32. The molecule has 3 rings (SSSR count). The smallest absolute Gasteiger partial charge is 0.255 e. The largest absolute Gasteiger partial charge is 0.339 e. The number of carbonyl (C=O) groups is 1. The van der Waals surface area contributed by atoms with Gasteiger partial charge in [-0.3, -0.25) is 4.79 Å². The second-order valence-corrected chi connectivity index (χ2v) is 7.34. The molecule has 3 heterocycles. The zero-order chi connectivity index (χ0) is 18.0. The Bertz CT molecular complexity index is 754. The van der Waals surface area contributed by atoms with Crippen molar-refractivity contribution in [2.24, 2.45) is 5.92 Å². The summed E-state index contributed by atoms with van der Waals surface area (Å²) in [7, 11) is 1.99. The molecule has 8 heteroatoms. The number of piperidine rings is 1. The van der Waals surface area contributed by atoms with Gasteiger partial charge in [0.2, 0.25) is 0 Å². The highest BCUT2D eigenvalue weighted by atomic mass is 35.5. The number of amides is 1. The first kappa shape index (κ1) is 23.7. The SMILES string of the molecule is CNCCC1CCN(C(=O)c2cc3cnn(C(C)C)c3nc2C)CC1.Cl.Cl. The lowest BCUT2D eigenvalue weighted by Crippen LogP contribution is -2.39. The van der Waals surface area contributed by atoms with Gasteiger partial charge in [0.05, 0.1) is 17.5 Å². The van der Waals surface area contributed by atoms with Crippen LogP contribution in [0.15, 0.2) is 12.3 Å². The number of hydrogen-bond donors (Lipinski definition) is 1. The average Bonchev–Trinajstić information content (AvgIpc) is 3.02. The second kappa shape index (κ2) is 10.2. The molecular formula is C19H31Cl2N5O. The Labute approximate surface area is 173 Å². The molecule has 1 fully saturated rings. The third kappa shape index (κ3) is 5.12. The third-order valence-electron chi connectivity index (χ3n) is 5.18. The molecule has 1 N–H and O–H groups in total. The van der Waals surface area contributed by atoms with E-state index < -0.39 is 0 Å². The topological polar surface area (TPSA) is 63.1 Å². The van der Waals surface area contributed by atoms with E-state index >= 15 is 0 Å². The normalized spacial score (nSPS) is 14.9. The molecule has 2 aromatic rings. The van der Waals surface area contributed by atoms with E-state index in [1.54, 1.807) is 0 Å². The maximum Gasteiger partial charge on any atom is 0.255 e. The van der Waals surface area contributed by atoms with E-state index in [2.05, 4.69) is 29.2 Å². The van der Waals surface area contributed by atoms with Crippen molar-refractivity contribution in [2.75, 3.05) is 26.7 Å². The number of aromatic nitrogens is 3. The number of nitrogens with one attached hydrogen (secondary N) is 1. The van der Waals surface area contributed by atoms with Crippen LogP contribution in [0.1, 0.15) is 55.2 Å². The van der Waals surface area contributed by atoms with Crippen molar-refractivity contribution < 1.29 is 4.79 Å². The van der Waals surface area contributed by atoms with E-state index in [1.165, 1.54) is 6.42 Å². The van der Waals surface area contributed by atoms with Crippen LogP contribution in [0.25, 0.3) is 11.0 Å². The van der Waals surface area contributed by atoms with Crippen LogP contribution >= 0.6 is 24.8 Å². The minimum absolute atomic E-state index is 0. The molecule has 0 unspecified atom stereocenters. The van der Waals surface area contributed by atoms with Crippen LogP contribution in [-0.2, 0) is 0 Å². The van der Waals surface area contributed by atoms with Gasteiger partial charge in [0, 0.05) is 24.5 Å². The molecule has 0 atom stereocenters. The van der Waals surface area contributed by atoms with Crippen LogP contribution < -0.4 is 5.32 Å². The van der Waals surface area contributed by atoms with E-state index in [0.717, 1.165) is 55.1 Å². The number of rotatable bonds is 5. The molecular weight excluding hydrogens is 385 g/mol. The molecule has 152 valence electrons. The molecule has 1 saturated heterocycles. The van der Waals surface area contributed by atoms with Gasteiger partial charge >= 0.3 is 0 Å². The van der Waals surface area contributed by atoms with E-state index in [9.17, 15) is 4.79 Å². The highest BCUT2D eigenvalue weighted by Gasteiger charge is 2.25. The van der Waals surface area contributed by atoms with Gasteiger partial charge in [0.25, 0.3) is 5.91 Å². The summed E-state index contributed by atoms with van der Waals surface area (Å²) in [5.41, 5.74) is 2.36. The number of hydrogen-bond acceptors (Lipinski definition) is 4. The molecule has 0 saturated carbocycles. The van der Waals surface area contributed by atoms with Crippen LogP contribution in [0.3, 0.4) is 0 Å². The minimum atomic E-state index is 0. The molecule has 27 heavy (non-hydrogen) atoms. The lowest BCUT2D eigenvalue weighted by molar-refractivity contribution is 0.0686. The van der Waals surface area contributed by atoms with Gasteiger partial charge in [-0.2, -0.15) is 5.10 Å². The molecule has 6 nitrogen and oxygen atoms in total. The van der Waals surface area contributed by atoms with Crippen molar-refractivity contribution >= 4 is 41.8 Å². The molecule has 1 aliphatic rings. The van der Waals surface area contributed by atoms with Crippen LogP contribution in [0.4, 0.5) is 0 Å². The number of halogens is 2. The average molecular weight is 416 g/mol. The maximum atomic E-state index is 13.0. The number of likely N-dealkylation sites (tertiary alicyclic amines) is 1. The second-order valence-electron chi connectivity index (χ2n) is 7.34. The van der Waals surface area contributed by atoms with Crippen molar-refractivity contribution in [3.63, 3.8) is 0 Å². The van der Waals surface area contributed by atoms with Crippen molar-refractivity contribution in [3.8, 4) is 0 Å². The molecule has 0 spiro atoms. The Morgan fingerprint density at radius 3 is 2.56 bits per heavy atom. The van der Waals surface area contributed by atoms with Gasteiger partial charge in [0.15, 0.2) is 5.65 Å². The minimum Gasteiger partial charge on any atom is -0.339 e. The molecule has 0 radical (unpaired) electrons. The number of pyridine rings is 1. The summed E-state index contributed by atoms with van der Waals surface area (Å²) in [6.07, 6.45) is 5.18. The van der Waals surface area contributed by atoms with Gasteiger partial charge in [-0.25, -0.2) is 9.67 Å². The van der Waals surface area contributed by atoms with Crippen LogP contribution in [0.2, 0.25) is 0 Å². The first-order chi connectivity index (χ1) is 12.0. The number of fused-ring (bicyclic) bond motifs is 1. The van der Waals surface area contributed by atoms with Crippen molar-refractivity contribution in [3.05, 3.63) is 23.5 Å². The predicted octanol–water partition coefficient (Wildman–Crippen LogP) is 3.63. The Morgan fingerprint density at radius 2 is 1.96 bits per heavy atom. The van der Waals surface area contributed by atoms with Crippen molar-refractivity contribution in [1.29, 1.82) is 0 Å². The van der Waals surface area contributed by atoms with E-state index in [0.29, 0.717) is 5.56 Å². The molecule has 0 aliphatic carbocycles. The fourth-order valence-electron chi connectivity index (χ4n) is 3.60. The molecule has 2 aromatic heterocycles. The van der Waals surface area contributed by atoms with Crippen molar-refractivity contribution in [1.82, 2.24) is 25.0 Å². The molecule has 1 amide bonds. The first-order valence-electron chi connectivity index (χ1n) is 9.30. The maximum absolute atomic E-state index is 13.0. The summed E-state index contributed by atoms with van der Waals surface area (Å²) in [6, 6.07) is 2.21. The van der Waals surface area contributed by atoms with E-state index in [1.807, 2.05) is 35.8 Å². The third-order valence-corrected chi connectivity index (χ3v) is 5.18. The van der Waals surface area contributed by atoms with Gasteiger partial charge in [0.1, 0.15) is 0 Å². The van der Waals surface area contributed by atoms with Gasteiger partial charge in [-0.15, -0.1) is 24.8 Å². The fourth-order valence-corrected chi connectivity index (χ4v) is 3.60. The van der Waals surface area contributed by atoms with E-state index in [4.69, 9.17) is 0 Å². The van der Waals surface area contributed by atoms with Crippen LogP contribution in [0, 0.1) is 12.8 Å². The van der Waals surface area contributed by atoms with Crippen molar-refractivity contribution in [2.45, 2.75) is 46.1 Å². The first-order valence-corrected chi connectivity index (χ1v) is 9.30. The zero-order valence-electron chi connectivity index (χ0n) is 16.6. The quantitative estimate of drug-likeness (QED) is 0.809. The molecule has 0 aromatic carbocycles. The summed E-state index contributed by atoms with van der Waals surface area (Å²) in [5.74, 6) is 0.832. The van der Waals surface area contributed by atoms with Crippen LogP contribution in [-0.4, -0.2) is 52.3 Å². The van der Waals surface area contributed by atoms with Gasteiger partial charge < -0.3 is 10.2 Å². The highest BCUT2D eigenvalue weighted by Crippen LogP contribution is 2.24. The number of nitrogens with zero attached hydrogens (tertiary/aromatic N) is 4. The Morgan fingerprint density at radius 1 is 1.30 bits per heavy atom. The van der Waals surface area contributed by atoms with E-state index in [-0.39, 0.29) is 36.8 Å². The summed E-state index contributed by atoms with van der Waals surface area (Å²) < 4.78 is 1.91. The monoisotopic (exact) mass is 415 g/mol. The standard InChI is InChI=1S/C19H29N5O.2ClH/c1-13(2)24-18-16(12-21-24)11-17(14(3)22-18)19(25)23-9-6-15(7-10-23)5-8-20-4;;/h11-13,15,20H,5-10H2,1-4H3;2*1H. The Kier molecular flexibility index (Phi) is 8.99.